The van der Waals surface area contributed by atoms with Crippen LogP contribution in [0.2, 0.25) is 0 Å². The third-order valence-corrected chi connectivity index (χ3v) is 3.39. The van der Waals surface area contributed by atoms with E-state index in [0.717, 1.165) is 0 Å². The first-order chi connectivity index (χ1) is 10.0. The van der Waals surface area contributed by atoms with Crippen molar-refractivity contribution >= 4 is 33.2 Å². The molecule has 0 aromatic heterocycles. The van der Waals surface area contributed by atoms with E-state index in [-0.39, 0.29) is 17.1 Å². The Balaban J connectivity index is 2.45. The topological polar surface area (TPSA) is 81.5 Å². The minimum Gasteiger partial charge on any atom is -0.493 e. The summed E-state index contributed by atoms with van der Waals surface area (Å²) in [6.07, 6.45) is 0. The second-order valence-electron chi connectivity index (χ2n) is 4.05. The fourth-order valence-electron chi connectivity index (χ4n) is 1.79. The standard InChI is InChI=1S/C14H11BrN2O4/c1-21-13-10(15)7-8-11(17(19)20)12(13)16-14(18)9-5-3-2-4-6-9/h2-8H,1H3,(H,16,18). The summed E-state index contributed by atoms with van der Waals surface area (Å²) in [7, 11) is 1.38. The maximum Gasteiger partial charge on any atom is 0.296 e. The number of rotatable bonds is 4. The van der Waals surface area contributed by atoms with Crippen LogP contribution in [0, 0.1) is 10.1 Å². The summed E-state index contributed by atoms with van der Waals surface area (Å²) >= 11 is 3.24. The number of ether oxygens (including phenoxy) is 1. The van der Waals surface area contributed by atoms with Gasteiger partial charge in [-0.3, -0.25) is 14.9 Å². The van der Waals surface area contributed by atoms with Gasteiger partial charge in [-0.15, -0.1) is 0 Å². The molecule has 0 aliphatic carbocycles. The minimum absolute atomic E-state index is 0.0192. The van der Waals surface area contributed by atoms with Gasteiger partial charge in [0.25, 0.3) is 11.6 Å². The predicted molar refractivity (Wildman–Crippen MR) is 81.7 cm³/mol. The lowest BCUT2D eigenvalue weighted by Crippen LogP contribution is -2.14. The Morgan fingerprint density at radius 3 is 2.48 bits per heavy atom. The van der Waals surface area contributed by atoms with E-state index in [2.05, 4.69) is 21.2 Å². The van der Waals surface area contributed by atoms with Gasteiger partial charge < -0.3 is 10.1 Å². The molecule has 2 aromatic carbocycles. The molecule has 2 rings (SSSR count). The summed E-state index contributed by atoms with van der Waals surface area (Å²) in [5.41, 5.74) is 0.180. The predicted octanol–water partition coefficient (Wildman–Crippen LogP) is 3.62. The van der Waals surface area contributed by atoms with Gasteiger partial charge in [0, 0.05) is 11.6 Å². The van der Waals surface area contributed by atoms with Gasteiger partial charge in [-0.25, -0.2) is 0 Å². The molecule has 0 spiro atoms. The minimum atomic E-state index is -0.574. The molecule has 0 heterocycles. The summed E-state index contributed by atoms with van der Waals surface area (Å²) in [4.78, 5) is 22.7. The van der Waals surface area contributed by atoms with Crippen molar-refractivity contribution in [1.82, 2.24) is 0 Å². The van der Waals surface area contributed by atoms with Crippen molar-refractivity contribution in [2.75, 3.05) is 12.4 Å². The maximum atomic E-state index is 12.2. The van der Waals surface area contributed by atoms with Crippen molar-refractivity contribution in [3.8, 4) is 5.75 Å². The third-order valence-electron chi connectivity index (χ3n) is 2.76. The normalized spacial score (nSPS) is 10.0. The monoisotopic (exact) mass is 350 g/mol. The fraction of sp³-hybridized carbons (Fsp3) is 0.0714. The second-order valence-corrected chi connectivity index (χ2v) is 4.91. The molecule has 0 saturated heterocycles. The molecule has 6 nitrogen and oxygen atoms in total. The molecule has 0 bridgehead atoms. The first-order valence-electron chi connectivity index (χ1n) is 5.92. The van der Waals surface area contributed by atoms with E-state index in [1.54, 1.807) is 30.3 Å². The largest absolute Gasteiger partial charge is 0.493 e. The summed E-state index contributed by atoms with van der Waals surface area (Å²) in [5.74, 6) is -0.247. The van der Waals surface area contributed by atoms with E-state index in [9.17, 15) is 14.9 Å². The number of carbonyl (C=O) groups excluding carboxylic acids is 1. The first-order valence-corrected chi connectivity index (χ1v) is 6.71. The Morgan fingerprint density at radius 1 is 1.24 bits per heavy atom. The number of nitrogens with one attached hydrogen (secondary N) is 1. The molecular weight excluding hydrogens is 340 g/mol. The number of hydrogen-bond acceptors (Lipinski definition) is 4. The lowest BCUT2D eigenvalue weighted by molar-refractivity contribution is -0.384. The number of nitro benzene ring substituents is 1. The summed E-state index contributed by atoms with van der Waals surface area (Å²) in [6, 6.07) is 11.2. The van der Waals surface area contributed by atoms with Crippen LogP contribution in [-0.2, 0) is 0 Å². The molecule has 0 fully saturated rings. The van der Waals surface area contributed by atoms with Crippen LogP contribution in [0.5, 0.6) is 5.75 Å². The first kappa shape index (κ1) is 15.0. The highest BCUT2D eigenvalue weighted by Crippen LogP contribution is 2.40. The van der Waals surface area contributed by atoms with Crippen LogP contribution < -0.4 is 10.1 Å². The zero-order valence-corrected chi connectivity index (χ0v) is 12.6. The van der Waals surface area contributed by atoms with E-state index in [1.165, 1.54) is 19.2 Å². The molecule has 0 unspecified atom stereocenters. The number of halogens is 1. The van der Waals surface area contributed by atoms with Crippen LogP contribution in [0.1, 0.15) is 10.4 Å². The van der Waals surface area contributed by atoms with Crippen molar-refractivity contribution in [1.29, 1.82) is 0 Å². The van der Waals surface area contributed by atoms with Gasteiger partial charge in [-0.1, -0.05) is 18.2 Å². The molecule has 1 amide bonds. The van der Waals surface area contributed by atoms with Crippen molar-refractivity contribution < 1.29 is 14.5 Å². The SMILES string of the molecule is COc1c(Br)ccc([N+](=O)[O-])c1NC(=O)c1ccccc1. The van der Waals surface area contributed by atoms with Crippen LogP contribution in [0.25, 0.3) is 0 Å². The molecule has 108 valence electrons. The van der Waals surface area contributed by atoms with E-state index in [0.29, 0.717) is 10.0 Å². The quantitative estimate of drug-likeness (QED) is 0.674. The maximum absolute atomic E-state index is 12.2. The number of nitrogens with zero attached hydrogens (tertiary/aromatic N) is 1. The Bertz CT molecular complexity index is 689. The lowest BCUT2D eigenvalue weighted by atomic mass is 10.2. The van der Waals surface area contributed by atoms with Gasteiger partial charge in [0.1, 0.15) is 0 Å². The van der Waals surface area contributed by atoms with Crippen molar-refractivity contribution in [2.45, 2.75) is 0 Å². The molecule has 7 heteroatoms. The van der Waals surface area contributed by atoms with Gasteiger partial charge in [0.2, 0.25) is 0 Å². The molecule has 2 aromatic rings. The Labute approximate surface area is 129 Å². The summed E-state index contributed by atoms with van der Waals surface area (Å²) in [6.45, 7) is 0. The highest BCUT2D eigenvalue weighted by molar-refractivity contribution is 9.10. The van der Waals surface area contributed by atoms with Gasteiger partial charge >= 0.3 is 0 Å². The van der Waals surface area contributed by atoms with Gasteiger partial charge in [-0.2, -0.15) is 0 Å². The number of amides is 1. The molecule has 0 radical (unpaired) electrons. The van der Waals surface area contributed by atoms with Crippen LogP contribution in [0.4, 0.5) is 11.4 Å². The summed E-state index contributed by atoms with van der Waals surface area (Å²) in [5, 5.41) is 13.6. The molecule has 1 N–H and O–H groups in total. The number of benzene rings is 2. The van der Waals surface area contributed by atoms with E-state index < -0.39 is 10.8 Å². The van der Waals surface area contributed by atoms with E-state index in [4.69, 9.17) is 4.74 Å². The average Bonchev–Trinajstić information content (AvgIpc) is 2.48. The summed E-state index contributed by atoms with van der Waals surface area (Å²) < 4.78 is 5.65. The molecule has 0 aliphatic rings. The average molecular weight is 351 g/mol. The van der Waals surface area contributed by atoms with Crippen molar-refractivity contribution in [3.63, 3.8) is 0 Å². The van der Waals surface area contributed by atoms with Crippen LogP contribution >= 0.6 is 15.9 Å². The lowest BCUT2D eigenvalue weighted by Gasteiger charge is -2.12. The molecule has 0 aliphatic heterocycles. The number of anilines is 1. The van der Waals surface area contributed by atoms with E-state index in [1.807, 2.05) is 0 Å². The number of methoxy groups -OCH3 is 1. The van der Waals surface area contributed by atoms with Crippen LogP contribution in [0.15, 0.2) is 46.9 Å². The van der Waals surface area contributed by atoms with Crippen LogP contribution in [-0.4, -0.2) is 17.9 Å². The second kappa shape index (κ2) is 6.36. The highest BCUT2D eigenvalue weighted by atomic mass is 79.9. The number of carbonyl (C=O) groups is 1. The molecule has 0 atom stereocenters. The Kier molecular flexibility index (Phi) is 4.54. The highest BCUT2D eigenvalue weighted by Gasteiger charge is 2.23. The smallest absolute Gasteiger partial charge is 0.296 e. The molecular formula is C14H11BrN2O4. The number of hydrogen-bond donors (Lipinski definition) is 1. The van der Waals surface area contributed by atoms with Gasteiger partial charge in [-0.05, 0) is 34.1 Å². The Hall–Kier alpha value is -2.41. The van der Waals surface area contributed by atoms with Crippen molar-refractivity contribution in [3.05, 3.63) is 62.6 Å². The van der Waals surface area contributed by atoms with Gasteiger partial charge in [0.15, 0.2) is 11.4 Å². The molecule has 21 heavy (non-hydrogen) atoms. The third kappa shape index (κ3) is 3.19. The zero-order chi connectivity index (χ0) is 15.4. The van der Waals surface area contributed by atoms with Crippen LogP contribution in [0.3, 0.4) is 0 Å². The zero-order valence-electron chi connectivity index (χ0n) is 11.0. The number of nitro groups is 1. The molecule has 0 saturated carbocycles. The van der Waals surface area contributed by atoms with Crippen molar-refractivity contribution in [2.24, 2.45) is 0 Å². The van der Waals surface area contributed by atoms with Gasteiger partial charge in [0.05, 0.1) is 16.5 Å². The van der Waals surface area contributed by atoms with E-state index >= 15 is 0 Å². The fourth-order valence-corrected chi connectivity index (χ4v) is 2.29. The Morgan fingerprint density at radius 2 is 1.90 bits per heavy atom.